The second kappa shape index (κ2) is 8.72. The molecule has 3 fully saturated rings. The first-order valence-electron chi connectivity index (χ1n) is 10.6. The Labute approximate surface area is 162 Å². The number of amides is 1. The second-order valence-corrected chi connectivity index (χ2v) is 8.24. The van der Waals surface area contributed by atoms with Gasteiger partial charge in [0.2, 0.25) is 5.91 Å². The molecule has 3 aliphatic rings. The summed E-state index contributed by atoms with van der Waals surface area (Å²) < 4.78 is 11.6. The molecule has 1 aromatic carbocycles. The zero-order valence-corrected chi connectivity index (χ0v) is 16.2. The predicted octanol–water partition coefficient (Wildman–Crippen LogP) is 2.89. The molecule has 1 amide bonds. The third kappa shape index (κ3) is 4.89. The van der Waals surface area contributed by atoms with Gasteiger partial charge in [-0.2, -0.15) is 0 Å². The van der Waals surface area contributed by atoms with E-state index in [-0.39, 0.29) is 17.7 Å². The van der Waals surface area contributed by atoms with Crippen molar-refractivity contribution in [1.29, 1.82) is 0 Å². The number of carbonyl (C=O) groups excluding carboxylic acids is 1. The first-order chi connectivity index (χ1) is 13.2. The fraction of sp³-hybridized carbons (Fsp3) is 0.682. The van der Waals surface area contributed by atoms with E-state index in [9.17, 15) is 4.79 Å². The molecule has 1 saturated carbocycles. The molecule has 0 unspecified atom stereocenters. The largest absolute Gasteiger partial charge is 0.352 e. The topological polar surface area (TPSA) is 50.8 Å². The molecule has 0 aromatic heterocycles. The monoisotopic (exact) mass is 372 g/mol. The number of nitrogens with one attached hydrogen (secondary N) is 1. The number of nitrogens with zero attached hydrogens (tertiary/aromatic N) is 1. The molecule has 0 radical (unpaired) electrons. The van der Waals surface area contributed by atoms with Gasteiger partial charge in [0.15, 0.2) is 5.79 Å². The van der Waals surface area contributed by atoms with Gasteiger partial charge in [-0.3, -0.25) is 9.69 Å². The van der Waals surface area contributed by atoms with Crippen molar-refractivity contribution in [3.05, 3.63) is 35.9 Å². The van der Waals surface area contributed by atoms with Crippen LogP contribution in [0.3, 0.4) is 0 Å². The van der Waals surface area contributed by atoms with Gasteiger partial charge in [-0.25, -0.2) is 0 Å². The van der Waals surface area contributed by atoms with Crippen molar-refractivity contribution in [2.45, 2.75) is 69.2 Å². The number of benzene rings is 1. The average Bonchev–Trinajstić information content (AvgIpc) is 3.33. The summed E-state index contributed by atoms with van der Waals surface area (Å²) >= 11 is 0. The number of ether oxygens (including phenoxy) is 2. The highest BCUT2D eigenvalue weighted by atomic mass is 16.7. The minimum Gasteiger partial charge on any atom is -0.352 e. The van der Waals surface area contributed by atoms with Gasteiger partial charge in [-0.15, -0.1) is 0 Å². The van der Waals surface area contributed by atoms with Gasteiger partial charge in [0, 0.05) is 24.9 Å². The number of hydrogen-bond donors (Lipinski definition) is 1. The van der Waals surface area contributed by atoms with Crippen molar-refractivity contribution in [2.75, 3.05) is 26.3 Å². The quantitative estimate of drug-likeness (QED) is 0.834. The van der Waals surface area contributed by atoms with Gasteiger partial charge < -0.3 is 14.8 Å². The summed E-state index contributed by atoms with van der Waals surface area (Å²) in [7, 11) is 0. The van der Waals surface area contributed by atoms with Crippen LogP contribution >= 0.6 is 0 Å². The first kappa shape index (κ1) is 18.9. The SMILES string of the molecule is O=C(CN1CCC[C@H]1CCc1ccccc1)NC1CCC2(CC1)OCCO2. The van der Waals surface area contributed by atoms with Crippen LogP contribution in [0, 0.1) is 0 Å². The summed E-state index contributed by atoms with van der Waals surface area (Å²) in [6, 6.07) is 11.5. The summed E-state index contributed by atoms with van der Waals surface area (Å²) in [5.41, 5.74) is 1.39. The molecular weight excluding hydrogens is 340 g/mol. The van der Waals surface area contributed by atoms with Crippen molar-refractivity contribution in [1.82, 2.24) is 10.2 Å². The fourth-order valence-corrected chi connectivity index (χ4v) is 4.85. The van der Waals surface area contributed by atoms with Crippen LogP contribution < -0.4 is 5.32 Å². The Hall–Kier alpha value is -1.43. The van der Waals surface area contributed by atoms with E-state index < -0.39 is 0 Å². The van der Waals surface area contributed by atoms with Crippen LogP contribution in [0.4, 0.5) is 0 Å². The summed E-state index contributed by atoms with van der Waals surface area (Å²) in [6.45, 7) is 2.99. The zero-order chi connectivity index (χ0) is 18.5. The van der Waals surface area contributed by atoms with Crippen LogP contribution in [-0.4, -0.2) is 55.0 Å². The number of carbonyl (C=O) groups is 1. The van der Waals surface area contributed by atoms with Crippen LogP contribution in [-0.2, 0) is 20.7 Å². The van der Waals surface area contributed by atoms with Crippen molar-refractivity contribution < 1.29 is 14.3 Å². The molecular formula is C22H32N2O3. The molecule has 1 N–H and O–H groups in total. The standard InChI is InChI=1S/C22H32N2O3/c25-21(23-19-10-12-22(13-11-19)26-15-16-27-22)17-24-14-4-7-20(24)9-8-18-5-2-1-3-6-18/h1-3,5-6,19-20H,4,7-17H2,(H,23,25)/t20-/m0/s1. The first-order valence-corrected chi connectivity index (χ1v) is 10.6. The highest BCUT2D eigenvalue weighted by Crippen LogP contribution is 2.35. The highest BCUT2D eigenvalue weighted by molar-refractivity contribution is 5.78. The lowest BCUT2D eigenvalue weighted by molar-refractivity contribution is -0.180. The van der Waals surface area contributed by atoms with Crippen LogP contribution in [0.5, 0.6) is 0 Å². The molecule has 0 bridgehead atoms. The number of hydrogen-bond acceptors (Lipinski definition) is 4. The lowest BCUT2D eigenvalue weighted by Crippen LogP contribution is -2.47. The minimum absolute atomic E-state index is 0.177. The minimum atomic E-state index is -0.348. The van der Waals surface area contributed by atoms with E-state index in [0.717, 1.165) is 45.1 Å². The number of rotatable bonds is 6. The van der Waals surface area contributed by atoms with Crippen molar-refractivity contribution in [2.24, 2.45) is 0 Å². The third-order valence-corrected chi connectivity index (χ3v) is 6.38. The fourth-order valence-electron chi connectivity index (χ4n) is 4.85. The Kier molecular flexibility index (Phi) is 6.11. The molecule has 1 spiro atoms. The van der Waals surface area contributed by atoms with Gasteiger partial charge in [-0.1, -0.05) is 30.3 Å². The normalized spacial score (nSPS) is 25.9. The third-order valence-electron chi connectivity index (χ3n) is 6.38. The van der Waals surface area contributed by atoms with Gasteiger partial charge in [0.25, 0.3) is 0 Å². The van der Waals surface area contributed by atoms with E-state index in [1.54, 1.807) is 0 Å². The second-order valence-electron chi connectivity index (χ2n) is 8.24. The lowest BCUT2D eigenvalue weighted by Gasteiger charge is -2.36. The van der Waals surface area contributed by atoms with E-state index in [2.05, 4.69) is 40.5 Å². The maximum Gasteiger partial charge on any atom is 0.234 e. The van der Waals surface area contributed by atoms with Gasteiger partial charge >= 0.3 is 0 Å². The summed E-state index contributed by atoms with van der Waals surface area (Å²) in [5, 5.41) is 3.25. The van der Waals surface area contributed by atoms with E-state index in [4.69, 9.17) is 9.47 Å². The van der Waals surface area contributed by atoms with E-state index >= 15 is 0 Å². The van der Waals surface area contributed by atoms with Crippen molar-refractivity contribution >= 4 is 5.91 Å². The Morgan fingerprint density at radius 1 is 1.11 bits per heavy atom. The maximum absolute atomic E-state index is 12.6. The molecule has 2 heterocycles. The maximum atomic E-state index is 12.6. The molecule has 148 valence electrons. The number of likely N-dealkylation sites (tertiary alicyclic amines) is 1. The van der Waals surface area contributed by atoms with Gasteiger partial charge in [0.1, 0.15) is 0 Å². The smallest absolute Gasteiger partial charge is 0.234 e. The van der Waals surface area contributed by atoms with Crippen LogP contribution in [0.1, 0.15) is 50.5 Å². The zero-order valence-electron chi connectivity index (χ0n) is 16.2. The Morgan fingerprint density at radius 3 is 2.59 bits per heavy atom. The lowest BCUT2D eigenvalue weighted by atomic mass is 9.90. The molecule has 2 aliphatic heterocycles. The summed E-state index contributed by atoms with van der Waals surface area (Å²) in [5.74, 6) is -0.172. The highest BCUT2D eigenvalue weighted by Gasteiger charge is 2.40. The van der Waals surface area contributed by atoms with E-state index in [1.165, 1.54) is 18.4 Å². The molecule has 1 aromatic rings. The van der Waals surface area contributed by atoms with E-state index in [0.29, 0.717) is 25.8 Å². The van der Waals surface area contributed by atoms with Crippen LogP contribution in [0.25, 0.3) is 0 Å². The number of aryl methyl sites for hydroxylation is 1. The van der Waals surface area contributed by atoms with E-state index in [1.807, 2.05) is 0 Å². The average molecular weight is 373 g/mol. The van der Waals surface area contributed by atoms with Crippen LogP contribution in [0.2, 0.25) is 0 Å². The molecule has 4 rings (SSSR count). The van der Waals surface area contributed by atoms with Crippen LogP contribution in [0.15, 0.2) is 30.3 Å². The summed E-state index contributed by atoms with van der Waals surface area (Å²) in [4.78, 5) is 15.0. The predicted molar refractivity (Wildman–Crippen MR) is 104 cm³/mol. The Balaban J connectivity index is 1.20. The van der Waals surface area contributed by atoms with Crippen molar-refractivity contribution in [3.63, 3.8) is 0 Å². The molecule has 5 nitrogen and oxygen atoms in total. The molecule has 1 atom stereocenters. The Morgan fingerprint density at radius 2 is 1.85 bits per heavy atom. The van der Waals surface area contributed by atoms with Gasteiger partial charge in [-0.05, 0) is 50.6 Å². The Bertz CT molecular complexity index is 605. The van der Waals surface area contributed by atoms with Crippen molar-refractivity contribution in [3.8, 4) is 0 Å². The molecule has 1 aliphatic carbocycles. The molecule has 27 heavy (non-hydrogen) atoms. The van der Waals surface area contributed by atoms with Gasteiger partial charge in [0.05, 0.1) is 19.8 Å². The molecule has 5 heteroatoms. The molecule has 2 saturated heterocycles. The summed E-state index contributed by atoms with van der Waals surface area (Å²) in [6.07, 6.45) is 8.31.